The molecule has 2 aromatic carbocycles. The van der Waals surface area contributed by atoms with Crippen LogP contribution in [-0.4, -0.2) is 110 Å². The molecule has 2 saturated heterocycles. The number of nitrogens with one attached hydrogen (secondary N) is 2. The number of ether oxygens (including phenoxy) is 3. The number of sulfonamides is 1. The highest BCUT2D eigenvalue weighted by molar-refractivity contribution is 7.91. The first-order chi connectivity index (χ1) is 27.1. The Hall–Kier alpha value is -5.02. The quantitative estimate of drug-likeness (QED) is 0.242. The minimum Gasteiger partial charge on any atom is -0.497 e. The van der Waals surface area contributed by atoms with E-state index in [0.717, 1.165) is 5.56 Å². The molecule has 4 aliphatic rings. The van der Waals surface area contributed by atoms with Crippen LogP contribution in [0.3, 0.4) is 0 Å². The van der Waals surface area contributed by atoms with E-state index in [1.165, 1.54) is 11.0 Å². The standard InChI is InChI=1S/C42H51N5O9S/c1-6-27-24-42(27,40(51)45-57(52,53)30-13-14-30)44-38(49)35-21-29(25-47(35)39(50)32(41(2,3)4)22-37(48)46-16-18-55-19-17-46)56-36-23-33(26-10-8-7-9-11-26)43-34-20-28(54-5)12-15-31(34)36/h6-12,15,20,23,27,29-30,32,35H,1,13-14,16-19,21-22,24-25H2,2-5H3,(H,44,49)(H,45,51)/t27-,29-,32?,35+,42-/m1/s1. The van der Waals surface area contributed by atoms with Gasteiger partial charge in [-0.15, -0.1) is 6.58 Å². The van der Waals surface area contributed by atoms with E-state index < -0.39 is 67.9 Å². The van der Waals surface area contributed by atoms with Crippen LogP contribution in [0.1, 0.15) is 52.9 Å². The van der Waals surface area contributed by atoms with E-state index in [1.807, 2.05) is 69.3 Å². The van der Waals surface area contributed by atoms with Crippen molar-refractivity contribution in [3.05, 3.63) is 67.3 Å². The summed E-state index contributed by atoms with van der Waals surface area (Å²) >= 11 is 0. The lowest BCUT2D eigenvalue weighted by Gasteiger charge is -2.36. The van der Waals surface area contributed by atoms with Gasteiger partial charge in [-0.1, -0.05) is 57.2 Å². The van der Waals surface area contributed by atoms with Crippen LogP contribution in [0.2, 0.25) is 0 Å². The molecule has 2 aliphatic heterocycles. The number of fused-ring (bicyclic) bond motifs is 1. The van der Waals surface area contributed by atoms with Crippen LogP contribution in [0.25, 0.3) is 22.2 Å². The number of pyridine rings is 1. The van der Waals surface area contributed by atoms with E-state index in [9.17, 15) is 27.6 Å². The van der Waals surface area contributed by atoms with E-state index in [0.29, 0.717) is 67.2 Å². The van der Waals surface area contributed by atoms with Crippen LogP contribution in [0.15, 0.2) is 67.3 Å². The van der Waals surface area contributed by atoms with Crippen molar-refractivity contribution in [2.24, 2.45) is 17.3 Å². The minimum absolute atomic E-state index is 0.00995. The predicted molar refractivity (Wildman–Crippen MR) is 212 cm³/mol. The van der Waals surface area contributed by atoms with E-state index in [-0.39, 0.29) is 31.7 Å². The minimum atomic E-state index is -3.90. The number of hydrogen-bond acceptors (Lipinski definition) is 10. The summed E-state index contributed by atoms with van der Waals surface area (Å²) in [5.41, 5.74) is -0.0844. The fourth-order valence-corrected chi connectivity index (χ4v) is 9.18. The molecule has 0 spiro atoms. The number of nitrogens with zero attached hydrogens (tertiary/aromatic N) is 3. The molecule has 1 unspecified atom stereocenters. The lowest BCUT2D eigenvalue weighted by atomic mass is 9.77. The molecule has 0 bridgehead atoms. The molecule has 2 N–H and O–H groups in total. The molecule has 15 heteroatoms. The summed E-state index contributed by atoms with van der Waals surface area (Å²) in [6.45, 7) is 11.2. The van der Waals surface area contributed by atoms with Crippen LogP contribution in [-0.2, 0) is 33.9 Å². The zero-order valence-electron chi connectivity index (χ0n) is 32.9. The summed E-state index contributed by atoms with van der Waals surface area (Å²) in [6, 6.07) is 15.8. The average Bonchev–Trinajstić information content (AvgIpc) is 4.13. The molecule has 2 saturated carbocycles. The normalized spacial score (nSPS) is 24.0. The van der Waals surface area contributed by atoms with Crippen LogP contribution in [0.4, 0.5) is 0 Å². The largest absolute Gasteiger partial charge is 0.497 e. The van der Waals surface area contributed by atoms with E-state index in [4.69, 9.17) is 19.2 Å². The molecule has 7 rings (SSSR count). The second-order valence-electron chi connectivity index (χ2n) is 16.5. The number of aromatic nitrogens is 1. The van der Waals surface area contributed by atoms with Crippen molar-refractivity contribution in [2.45, 2.75) is 75.8 Å². The van der Waals surface area contributed by atoms with Gasteiger partial charge in [-0.25, -0.2) is 13.4 Å². The molecule has 0 radical (unpaired) electrons. The molecule has 304 valence electrons. The Labute approximate surface area is 333 Å². The zero-order valence-corrected chi connectivity index (χ0v) is 33.7. The monoisotopic (exact) mass is 801 g/mol. The first kappa shape index (κ1) is 40.2. The molecule has 14 nitrogen and oxygen atoms in total. The van der Waals surface area contributed by atoms with Crippen molar-refractivity contribution in [1.29, 1.82) is 0 Å². The third-order valence-electron chi connectivity index (χ3n) is 11.5. The number of amides is 4. The van der Waals surface area contributed by atoms with Gasteiger partial charge < -0.3 is 29.3 Å². The van der Waals surface area contributed by atoms with E-state index >= 15 is 0 Å². The maximum atomic E-state index is 14.8. The fraction of sp³-hybridized carbons (Fsp3) is 0.500. The van der Waals surface area contributed by atoms with E-state index in [1.54, 1.807) is 18.1 Å². The maximum Gasteiger partial charge on any atom is 0.259 e. The van der Waals surface area contributed by atoms with Crippen molar-refractivity contribution in [3.8, 4) is 22.8 Å². The number of morpholine rings is 1. The summed E-state index contributed by atoms with van der Waals surface area (Å²) < 4.78 is 45.5. The topological polar surface area (TPSA) is 174 Å². The van der Waals surface area contributed by atoms with Gasteiger partial charge in [0.15, 0.2) is 0 Å². The third kappa shape index (κ3) is 8.50. The Bertz CT molecular complexity index is 2160. The number of likely N-dealkylation sites (tertiary alicyclic amines) is 1. The molecule has 2 aliphatic carbocycles. The lowest BCUT2D eigenvalue weighted by molar-refractivity contribution is -0.149. The number of methoxy groups -OCH3 is 1. The van der Waals surface area contributed by atoms with Crippen LogP contribution >= 0.6 is 0 Å². The van der Waals surface area contributed by atoms with Gasteiger partial charge in [0.1, 0.15) is 29.2 Å². The summed E-state index contributed by atoms with van der Waals surface area (Å²) in [5.74, 6) is -2.24. The SMILES string of the molecule is C=C[C@@H]1C[C@]1(NC(=O)[C@@H]1C[C@@H](Oc2cc(-c3ccccc3)nc3cc(OC)ccc23)CN1C(=O)C(CC(=O)N1CCOCC1)C(C)(C)C)C(=O)NS(=O)(=O)C1CC1. The highest BCUT2D eigenvalue weighted by atomic mass is 32.2. The third-order valence-corrected chi connectivity index (χ3v) is 13.3. The van der Waals surface area contributed by atoms with Gasteiger partial charge in [0.2, 0.25) is 27.7 Å². The van der Waals surface area contributed by atoms with Gasteiger partial charge in [-0.3, -0.25) is 23.9 Å². The highest BCUT2D eigenvalue weighted by Crippen LogP contribution is 2.46. The smallest absolute Gasteiger partial charge is 0.259 e. The lowest BCUT2D eigenvalue weighted by Crippen LogP contribution is -2.57. The highest BCUT2D eigenvalue weighted by Gasteiger charge is 2.62. The average molecular weight is 802 g/mol. The summed E-state index contributed by atoms with van der Waals surface area (Å²) in [4.78, 5) is 64.6. The number of rotatable bonds is 13. The Morgan fingerprint density at radius 1 is 1.07 bits per heavy atom. The number of hydrogen-bond donors (Lipinski definition) is 2. The molecule has 4 fully saturated rings. The van der Waals surface area contributed by atoms with Gasteiger partial charge in [0.05, 0.1) is 49.2 Å². The molecular formula is C42H51N5O9S. The summed E-state index contributed by atoms with van der Waals surface area (Å²) in [6.07, 6.45) is 1.90. The summed E-state index contributed by atoms with van der Waals surface area (Å²) in [5, 5.41) is 2.91. The Balaban J connectivity index is 1.21. The predicted octanol–water partition coefficient (Wildman–Crippen LogP) is 3.84. The second kappa shape index (κ2) is 15.7. The van der Waals surface area contributed by atoms with Crippen molar-refractivity contribution < 1.29 is 41.8 Å². The second-order valence-corrected chi connectivity index (χ2v) is 18.5. The molecule has 5 atom stereocenters. The van der Waals surface area contributed by atoms with Gasteiger partial charge in [0.25, 0.3) is 5.91 Å². The molecule has 4 amide bonds. The molecule has 3 aromatic rings. The van der Waals surface area contributed by atoms with Crippen LogP contribution in [0, 0.1) is 17.3 Å². The van der Waals surface area contributed by atoms with Crippen LogP contribution in [0.5, 0.6) is 11.5 Å². The van der Waals surface area contributed by atoms with Crippen LogP contribution < -0.4 is 19.5 Å². The fourth-order valence-electron chi connectivity index (χ4n) is 7.81. The Morgan fingerprint density at radius 2 is 1.79 bits per heavy atom. The zero-order chi connectivity index (χ0) is 40.7. The van der Waals surface area contributed by atoms with Gasteiger partial charge in [0, 0.05) is 54.9 Å². The molecule has 1 aromatic heterocycles. The van der Waals surface area contributed by atoms with Gasteiger partial charge in [-0.2, -0.15) is 0 Å². The molecular weight excluding hydrogens is 751 g/mol. The van der Waals surface area contributed by atoms with Crippen molar-refractivity contribution in [3.63, 3.8) is 0 Å². The first-order valence-electron chi connectivity index (χ1n) is 19.5. The number of carbonyl (C=O) groups is 4. The van der Waals surface area contributed by atoms with Crippen molar-refractivity contribution >= 4 is 44.6 Å². The van der Waals surface area contributed by atoms with Crippen molar-refractivity contribution in [2.75, 3.05) is 40.0 Å². The van der Waals surface area contributed by atoms with Gasteiger partial charge >= 0.3 is 0 Å². The molecule has 57 heavy (non-hydrogen) atoms. The van der Waals surface area contributed by atoms with Crippen molar-refractivity contribution in [1.82, 2.24) is 24.8 Å². The first-order valence-corrected chi connectivity index (χ1v) is 21.1. The van der Waals surface area contributed by atoms with Gasteiger partial charge in [-0.05, 0) is 36.8 Å². The summed E-state index contributed by atoms with van der Waals surface area (Å²) in [7, 11) is -2.33. The Kier molecular flexibility index (Phi) is 11.1. The maximum absolute atomic E-state index is 14.8. The number of benzene rings is 2. The van der Waals surface area contributed by atoms with E-state index in [2.05, 4.69) is 16.6 Å². The Morgan fingerprint density at radius 3 is 2.42 bits per heavy atom. The molecule has 3 heterocycles. The number of carbonyl (C=O) groups excluding carboxylic acids is 4.